The minimum absolute atomic E-state index is 0.0511. The van der Waals surface area contributed by atoms with E-state index in [2.05, 4.69) is 16.5 Å². The standard InChI is InChI=1S/C29H28ClN5O3/c1-29(2)13-23-26(24(36)14-29)25(20-12-16-11-19(38-4)9-10-22(16)33-27(20)30)21(15-31)28(32)35(23)34-17-5-7-18(37-3)8-6-17/h5-12,25,34H,13-14,32H2,1-4H3. The average Bonchev–Trinajstić information content (AvgIpc) is 2.89. The third-order valence-electron chi connectivity index (χ3n) is 7.03. The second-order valence-electron chi connectivity index (χ2n) is 10.2. The zero-order valence-electron chi connectivity index (χ0n) is 21.6. The van der Waals surface area contributed by atoms with Gasteiger partial charge in [0.15, 0.2) is 5.78 Å². The molecule has 1 aliphatic heterocycles. The van der Waals surface area contributed by atoms with Gasteiger partial charge in [0.1, 0.15) is 22.5 Å². The Morgan fingerprint density at radius 2 is 1.79 bits per heavy atom. The lowest BCUT2D eigenvalue weighted by molar-refractivity contribution is -0.118. The van der Waals surface area contributed by atoms with Gasteiger partial charge < -0.3 is 15.2 Å². The molecule has 1 atom stereocenters. The van der Waals surface area contributed by atoms with Crippen molar-refractivity contribution in [3.8, 4) is 17.6 Å². The number of methoxy groups -OCH3 is 2. The minimum Gasteiger partial charge on any atom is -0.497 e. The van der Waals surface area contributed by atoms with Crippen LogP contribution in [0, 0.1) is 16.7 Å². The summed E-state index contributed by atoms with van der Waals surface area (Å²) in [5.41, 5.74) is 13.1. The molecule has 3 aromatic rings. The van der Waals surface area contributed by atoms with Gasteiger partial charge in [0.25, 0.3) is 0 Å². The third kappa shape index (κ3) is 4.39. The molecule has 194 valence electrons. The first-order valence-electron chi connectivity index (χ1n) is 12.2. The van der Waals surface area contributed by atoms with Gasteiger partial charge in [-0.15, -0.1) is 0 Å². The first-order valence-corrected chi connectivity index (χ1v) is 12.5. The molecule has 9 heteroatoms. The number of Topliss-reactive ketones (excluding diaryl/α,β-unsaturated/α-hetero) is 1. The predicted octanol–water partition coefficient (Wildman–Crippen LogP) is 5.67. The van der Waals surface area contributed by atoms with Crippen LogP contribution in [0.25, 0.3) is 10.9 Å². The number of fused-ring (bicyclic) bond motifs is 1. The van der Waals surface area contributed by atoms with Crippen molar-refractivity contribution in [1.29, 1.82) is 5.26 Å². The number of carbonyl (C=O) groups excluding carboxylic acids is 1. The minimum atomic E-state index is -0.747. The van der Waals surface area contributed by atoms with Gasteiger partial charge in [-0.25, -0.2) is 9.99 Å². The molecule has 0 fully saturated rings. The van der Waals surface area contributed by atoms with E-state index in [9.17, 15) is 10.1 Å². The molecule has 0 bridgehead atoms. The quantitative estimate of drug-likeness (QED) is 0.406. The Hall–Kier alpha value is -4.22. The molecule has 0 spiro atoms. The molecule has 1 aliphatic carbocycles. The molecule has 2 heterocycles. The van der Waals surface area contributed by atoms with E-state index in [1.807, 2.05) is 56.3 Å². The third-order valence-corrected chi connectivity index (χ3v) is 7.33. The summed E-state index contributed by atoms with van der Waals surface area (Å²) in [6.07, 6.45) is 0.906. The molecule has 38 heavy (non-hydrogen) atoms. The predicted molar refractivity (Wildman–Crippen MR) is 146 cm³/mol. The molecule has 2 aromatic carbocycles. The molecule has 2 aliphatic rings. The van der Waals surface area contributed by atoms with Crippen molar-refractivity contribution >= 4 is 34.0 Å². The summed E-state index contributed by atoms with van der Waals surface area (Å²) in [5, 5.41) is 13.0. The van der Waals surface area contributed by atoms with Crippen molar-refractivity contribution in [2.75, 3.05) is 19.6 Å². The second kappa shape index (κ2) is 9.58. The smallest absolute Gasteiger partial charge is 0.162 e. The van der Waals surface area contributed by atoms with Crippen molar-refractivity contribution in [3.05, 3.63) is 81.9 Å². The van der Waals surface area contributed by atoms with Crippen molar-refractivity contribution < 1.29 is 14.3 Å². The van der Waals surface area contributed by atoms with Gasteiger partial charge >= 0.3 is 0 Å². The summed E-state index contributed by atoms with van der Waals surface area (Å²) < 4.78 is 10.6. The Morgan fingerprint density at radius 1 is 1.11 bits per heavy atom. The topological polar surface area (TPSA) is 114 Å². The monoisotopic (exact) mass is 529 g/mol. The van der Waals surface area contributed by atoms with E-state index in [1.54, 1.807) is 25.3 Å². The van der Waals surface area contributed by atoms with Crippen LogP contribution in [0.4, 0.5) is 5.69 Å². The van der Waals surface area contributed by atoms with E-state index in [4.69, 9.17) is 26.8 Å². The Bertz CT molecular complexity index is 1550. The highest BCUT2D eigenvalue weighted by molar-refractivity contribution is 6.31. The number of nitriles is 1. The lowest BCUT2D eigenvalue weighted by Gasteiger charge is -2.43. The van der Waals surface area contributed by atoms with Gasteiger partial charge in [-0.3, -0.25) is 10.2 Å². The number of nitrogens with one attached hydrogen (secondary N) is 1. The number of pyridine rings is 1. The zero-order chi connectivity index (χ0) is 27.2. The molecule has 0 radical (unpaired) electrons. The zero-order valence-corrected chi connectivity index (χ0v) is 22.4. The van der Waals surface area contributed by atoms with Crippen molar-refractivity contribution in [1.82, 2.24) is 9.99 Å². The maximum Gasteiger partial charge on any atom is 0.162 e. The fraction of sp³-hybridized carbons (Fsp3) is 0.276. The Morgan fingerprint density at radius 3 is 2.45 bits per heavy atom. The number of ketones is 1. The largest absolute Gasteiger partial charge is 0.497 e. The molecule has 0 amide bonds. The SMILES string of the molecule is COc1ccc(NN2C(N)=C(C#N)C(c3cc4cc(OC)ccc4nc3Cl)C3=C2CC(C)(C)CC3=O)cc1. The number of allylic oxidation sites excluding steroid dienone is 3. The number of ether oxygens (including phenoxy) is 2. The highest BCUT2D eigenvalue weighted by atomic mass is 35.5. The Labute approximate surface area is 226 Å². The second-order valence-corrected chi connectivity index (χ2v) is 10.6. The summed E-state index contributed by atoms with van der Waals surface area (Å²) in [4.78, 5) is 18.3. The van der Waals surface area contributed by atoms with Crippen molar-refractivity contribution in [3.63, 3.8) is 0 Å². The number of anilines is 1. The van der Waals surface area contributed by atoms with Crippen LogP contribution in [-0.2, 0) is 4.79 Å². The highest BCUT2D eigenvalue weighted by Crippen LogP contribution is 2.50. The summed E-state index contributed by atoms with van der Waals surface area (Å²) in [6.45, 7) is 4.09. The van der Waals surface area contributed by atoms with E-state index in [-0.39, 0.29) is 27.7 Å². The van der Waals surface area contributed by atoms with E-state index >= 15 is 0 Å². The van der Waals surface area contributed by atoms with Gasteiger partial charge in [0.2, 0.25) is 0 Å². The van der Waals surface area contributed by atoms with Crippen molar-refractivity contribution in [2.24, 2.45) is 11.1 Å². The molecule has 1 aromatic heterocycles. The van der Waals surface area contributed by atoms with Crippen LogP contribution < -0.4 is 20.6 Å². The van der Waals surface area contributed by atoms with Gasteiger partial charge in [0, 0.05) is 22.9 Å². The Kier molecular flexibility index (Phi) is 6.41. The van der Waals surface area contributed by atoms with E-state index in [0.717, 1.165) is 11.1 Å². The molecule has 5 rings (SSSR count). The van der Waals surface area contributed by atoms with Crippen LogP contribution >= 0.6 is 11.6 Å². The van der Waals surface area contributed by atoms with Crippen molar-refractivity contribution in [2.45, 2.75) is 32.6 Å². The Balaban J connectivity index is 1.70. The molecular weight excluding hydrogens is 502 g/mol. The number of carbonyl (C=O) groups is 1. The first-order chi connectivity index (χ1) is 18.2. The number of halogens is 1. The molecule has 1 unspecified atom stereocenters. The average molecular weight is 530 g/mol. The molecule has 0 saturated carbocycles. The maximum atomic E-state index is 13.8. The number of benzene rings is 2. The van der Waals surface area contributed by atoms with E-state index in [0.29, 0.717) is 46.7 Å². The summed E-state index contributed by atoms with van der Waals surface area (Å²) >= 11 is 6.72. The van der Waals surface area contributed by atoms with Crippen LogP contribution in [0.5, 0.6) is 11.5 Å². The molecule has 0 saturated heterocycles. The van der Waals surface area contributed by atoms with Crippen LogP contribution in [-0.4, -0.2) is 30.0 Å². The van der Waals surface area contributed by atoms with Crippen LogP contribution in [0.2, 0.25) is 5.15 Å². The van der Waals surface area contributed by atoms with Gasteiger partial charge in [0.05, 0.1) is 48.7 Å². The number of rotatable bonds is 5. The molecule has 3 N–H and O–H groups in total. The number of hydrazine groups is 1. The van der Waals surface area contributed by atoms with Gasteiger partial charge in [-0.05, 0) is 60.4 Å². The first kappa shape index (κ1) is 25.4. The fourth-order valence-corrected chi connectivity index (χ4v) is 5.47. The number of nitrogens with two attached hydrogens (primary N) is 1. The van der Waals surface area contributed by atoms with E-state index < -0.39 is 5.92 Å². The number of aromatic nitrogens is 1. The summed E-state index contributed by atoms with van der Waals surface area (Å²) in [5.74, 6) is 0.781. The number of nitrogens with zero attached hydrogens (tertiary/aromatic N) is 3. The number of hydrogen-bond donors (Lipinski definition) is 2. The lowest BCUT2D eigenvalue weighted by Crippen LogP contribution is -2.44. The molecular formula is C29H28ClN5O3. The fourth-order valence-electron chi connectivity index (χ4n) is 5.22. The van der Waals surface area contributed by atoms with E-state index in [1.165, 1.54) is 0 Å². The lowest BCUT2D eigenvalue weighted by atomic mass is 9.69. The van der Waals surface area contributed by atoms with Crippen LogP contribution in [0.15, 0.2) is 71.2 Å². The highest BCUT2D eigenvalue weighted by Gasteiger charge is 2.45. The van der Waals surface area contributed by atoms with Gasteiger partial charge in [-0.1, -0.05) is 25.4 Å². The normalized spacial score (nSPS) is 18.8. The summed E-state index contributed by atoms with van der Waals surface area (Å²) in [7, 11) is 3.19. The molecule has 8 nitrogen and oxygen atoms in total. The maximum absolute atomic E-state index is 13.8. The van der Waals surface area contributed by atoms with Crippen LogP contribution in [0.3, 0.4) is 0 Å². The number of hydrogen-bond acceptors (Lipinski definition) is 8. The summed E-state index contributed by atoms with van der Waals surface area (Å²) in [6, 6.07) is 16.9. The van der Waals surface area contributed by atoms with Gasteiger partial charge in [-0.2, -0.15) is 5.26 Å². The van der Waals surface area contributed by atoms with Crippen LogP contribution in [0.1, 0.15) is 38.2 Å².